The number of thioether (sulfide) groups is 1. The molecule has 2 heterocycles. The van der Waals surface area contributed by atoms with Crippen LogP contribution in [0.1, 0.15) is 6.92 Å². The van der Waals surface area contributed by atoms with Crippen LogP contribution in [0, 0.1) is 0 Å². The highest BCUT2D eigenvalue weighted by Gasteiger charge is 2.19. The average molecular weight is 386 g/mol. The molecule has 3 rings (SSSR count). The summed E-state index contributed by atoms with van der Waals surface area (Å²) in [4.78, 5) is 16.5. The molecule has 0 radical (unpaired) electrons. The Balaban J connectivity index is 1.64. The highest BCUT2D eigenvalue weighted by atomic mass is 32.2. The molecule has 0 saturated heterocycles. The number of aromatic nitrogens is 3. The largest absolute Gasteiger partial charge is 0.493 e. The van der Waals surface area contributed by atoms with Crippen LogP contribution in [0.5, 0.6) is 11.5 Å². The third kappa shape index (κ3) is 4.56. The predicted octanol–water partition coefficient (Wildman–Crippen LogP) is 3.27. The van der Waals surface area contributed by atoms with Crippen molar-refractivity contribution in [3.8, 4) is 23.0 Å². The van der Waals surface area contributed by atoms with Crippen LogP contribution in [-0.4, -0.2) is 40.6 Å². The first kappa shape index (κ1) is 18.7. The van der Waals surface area contributed by atoms with E-state index in [4.69, 9.17) is 13.9 Å². The van der Waals surface area contributed by atoms with Gasteiger partial charge in [0, 0.05) is 24.1 Å². The van der Waals surface area contributed by atoms with E-state index < -0.39 is 5.25 Å². The maximum atomic E-state index is 12.4. The SMILES string of the molecule is COc1ccc(NC(=O)[C@@H](C)Sc2nnc(-c3cccnc3)o2)cc1OC. The van der Waals surface area contributed by atoms with Gasteiger partial charge in [-0.25, -0.2) is 0 Å². The summed E-state index contributed by atoms with van der Waals surface area (Å²) in [6.07, 6.45) is 3.30. The summed E-state index contributed by atoms with van der Waals surface area (Å²) in [5, 5.41) is 10.7. The number of nitrogens with zero attached hydrogens (tertiary/aromatic N) is 3. The van der Waals surface area contributed by atoms with Gasteiger partial charge >= 0.3 is 0 Å². The van der Waals surface area contributed by atoms with Gasteiger partial charge in [0.1, 0.15) is 0 Å². The number of nitrogens with one attached hydrogen (secondary N) is 1. The molecule has 8 nitrogen and oxygen atoms in total. The van der Waals surface area contributed by atoms with Crippen molar-refractivity contribution in [3.63, 3.8) is 0 Å². The number of hydrogen-bond donors (Lipinski definition) is 1. The second kappa shape index (κ2) is 8.54. The van der Waals surface area contributed by atoms with Gasteiger partial charge in [0.05, 0.1) is 25.0 Å². The minimum absolute atomic E-state index is 0.201. The molecule has 9 heteroatoms. The van der Waals surface area contributed by atoms with Crippen LogP contribution in [0.4, 0.5) is 5.69 Å². The van der Waals surface area contributed by atoms with Gasteiger partial charge < -0.3 is 19.2 Å². The number of rotatable bonds is 7. The van der Waals surface area contributed by atoms with E-state index in [1.165, 1.54) is 18.9 Å². The molecule has 1 amide bonds. The van der Waals surface area contributed by atoms with Crippen molar-refractivity contribution in [1.82, 2.24) is 15.2 Å². The summed E-state index contributed by atoms with van der Waals surface area (Å²) in [6, 6.07) is 8.77. The van der Waals surface area contributed by atoms with E-state index in [-0.39, 0.29) is 5.91 Å². The molecule has 1 N–H and O–H groups in total. The number of pyridine rings is 1. The normalized spacial score (nSPS) is 11.7. The van der Waals surface area contributed by atoms with Crippen molar-refractivity contribution in [2.24, 2.45) is 0 Å². The molecule has 27 heavy (non-hydrogen) atoms. The Morgan fingerprint density at radius 1 is 1.19 bits per heavy atom. The van der Waals surface area contributed by atoms with E-state index in [0.717, 1.165) is 5.56 Å². The highest BCUT2D eigenvalue weighted by molar-refractivity contribution is 8.00. The molecule has 0 aliphatic carbocycles. The summed E-state index contributed by atoms with van der Waals surface area (Å²) in [5.74, 6) is 1.28. The van der Waals surface area contributed by atoms with Gasteiger partial charge in [-0.1, -0.05) is 11.8 Å². The van der Waals surface area contributed by atoms with E-state index in [9.17, 15) is 4.79 Å². The van der Waals surface area contributed by atoms with Gasteiger partial charge in [0.25, 0.3) is 5.22 Å². The maximum absolute atomic E-state index is 12.4. The van der Waals surface area contributed by atoms with Gasteiger partial charge in [0.2, 0.25) is 11.8 Å². The van der Waals surface area contributed by atoms with Crippen LogP contribution in [0.15, 0.2) is 52.4 Å². The Morgan fingerprint density at radius 2 is 2.00 bits per heavy atom. The summed E-state index contributed by atoms with van der Waals surface area (Å²) < 4.78 is 16.0. The van der Waals surface area contributed by atoms with E-state index in [1.54, 1.807) is 50.7 Å². The Bertz CT molecular complexity index is 917. The zero-order chi connectivity index (χ0) is 19.2. The molecule has 2 aromatic heterocycles. The quantitative estimate of drug-likeness (QED) is 0.618. The predicted molar refractivity (Wildman–Crippen MR) is 101 cm³/mol. The fraction of sp³-hybridized carbons (Fsp3) is 0.222. The van der Waals surface area contributed by atoms with Crippen molar-refractivity contribution >= 4 is 23.4 Å². The monoisotopic (exact) mass is 386 g/mol. The molecule has 3 aromatic rings. The standard InChI is InChI=1S/C18H18N4O4S/c1-11(16(23)20-13-6-7-14(24-2)15(9-13)25-3)27-18-22-21-17(26-18)12-5-4-8-19-10-12/h4-11H,1-3H3,(H,20,23)/t11-/m1/s1. The number of anilines is 1. The number of benzene rings is 1. The summed E-state index contributed by atoms with van der Waals surface area (Å²) in [6.45, 7) is 1.76. The fourth-order valence-electron chi connectivity index (χ4n) is 2.23. The van der Waals surface area contributed by atoms with Gasteiger partial charge in [-0.2, -0.15) is 0 Å². The number of hydrogen-bond acceptors (Lipinski definition) is 8. The Morgan fingerprint density at radius 3 is 2.70 bits per heavy atom. The third-order valence-corrected chi connectivity index (χ3v) is 4.55. The minimum atomic E-state index is -0.444. The first-order valence-electron chi connectivity index (χ1n) is 8.04. The van der Waals surface area contributed by atoms with Gasteiger partial charge in [-0.15, -0.1) is 10.2 Å². The molecule has 1 aromatic carbocycles. The lowest BCUT2D eigenvalue weighted by Crippen LogP contribution is -2.22. The fourth-order valence-corrected chi connectivity index (χ4v) is 2.91. The first-order valence-corrected chi connectivity index (χ1v) is 8.92. The Kier molecular flexibility index (Phi) is 5.92. The molecular weight excluding hydrogens is 368 g/mol. The molecule has 140 valence electrons. The third-order valence-electron chi connectivity index (χ3n) is 3.61. The molecule has 0 spiro atoms. The van der Waals surface area contributed by atoms with E-state index in [1.807, 2.05) is 6.07 Å². The Labute approximate surface area is 160 Å². The lowest BCUT2D eigenvalue weighted by Gasteiger charge is -2.12. The summed E-state index contributed by atoms with van der Waals surface area (Å²) in [7, 11) is 3.09. The van der Waals surface area contributed by atoms with E-state index >= 15 is 0 Å². The van der Waals surface area contributed by atoms with Crippen molar-refractivity contribution in [1.29, 1.82) is 0 Å². The van der Waals surface area contributed by atoms with Gasteiger partial charge in [-0.05, 0) is 31.2 Å². The molecule has 0 aliphatic heterocycles. The van der Waals surface area contributed by atoms with Crippen molar-refractivity contribution < 1.29 is 18.7 Å². The van der Waals surface area contributed by atoms with Gasteiger partial charge in [0.15, 0.2) is 11.5 Å². The van der Waals surface area contributed by atoms with Crippen LogP contribution in [-0.2, 0) is 4.79 Å². The smallest absolute Gasteiger partial charge is 0.277 e. The zero-order valence-electron chi connectivity index (χ0n) is 15.0. The minimum Gasteiger partial charge on any atom is -0.493 e. The van der Waals surface area contributed by atoms with Crippen LogP contribution >= 0.6 is 11.8 Å². The van der Waals surface area contributed by atoms with Crippen molar-refractivity contribution in [2.45, 2.75) is 17.4 Å². The molecule has 0 saturated carbocycles. The summed E-state index contributed by atoms with van der Waals surface area (Å²) in [5.41, 5.74) is 1.32. The number of carbonyl (C=O) groups is 1. The second-order valence-corrected chi connectivity index (χ2v) is 6.73. The second-order valence-electron chi connectivity index (χ2n) is 5.43. The zero-order valence-corrected chi connectivity index (χ0v) is 15.8. The molecule has 0 unspecified atom stereocenters. The number of methoxy groups -OCH3 is 2. The van der Waals surface area contributed by atoms with E-state index in [0.29, 0.717) is 28.3 Å². The lowest BCUT2D eigenvalue weighted by atomic mass is 10.2. The van der Waals surface area contributed by atoms with E-state index in [2.05, 4.69) is 20.5 Å². The van der Waals surface area contributed by atoms with Crippen LogP contribution in [0.3, 0.4) is 0 Å². The van der Waals surface area contributed by atoms with Gasteiger partial charge in [-0.3, -0.25) is 9.78 Å². The maximum Gasteiger partial charge on any atom is 0.277 e. The average Bonchev–Trinajstić information content (AvgIpc) is 3.17. The molecule has 0 fully saturated rings. The highest BCUT2D eigenvalue weighted by Crippen LogP contribution is 2.31. The first-order chi connectivity index (χ1) is 13.1. The van der Waals surface area contributed by atoms with Crippen LogP contribution in [0.2, 0.25) is 0 Å². The van der Waals surface area contributed by atoms with Crippen molar-refractivity contribution in [3.05, 3.63) is 42.7 Å². The lowest BCUT2D eigenvalue weighted by molar-refractivity contribution is -0.115. The molecular formula is C18H18N4O4S. The number of ether oxygens (including phenoxy) is 2. The van der Waals surface area contributed by atoms with Crippen LogP contribution in [0.25, 0.3) is 11.5 Å². The molecule has 0 bridgehead atoms. The Hall–Kier alpha value is -3.07. The van der Waals surface area contributed by atoms with Crippen molar-refractivity contribution in [2.75, 3.05) is 19.5 Å². The molecule has 1 atom stereocenters. The summed E-state index contributed by atoms with van der Waals surface area (Å²) >= 11 is 1.18. The number of carbonyl (C=O) groups excluding carboxylic acids is 1. The number of amides is 1. The van der Waals surface area contributed by atoms with Crippen LogP contribution < -0.4 is 14.8 Å². The molecule has 0 aliphatic rings. The topological polar surface area (TPSA) is 99.4 Å².